The van der Waals surface area contributed by atoms with E-state index in [4.69, 9.17) is 16.2 Å². The van der Waals surface area contributed by atoms with Crippen LogP contribution in [0, 0.1) is 0 Å². The maximum Gasteiger partial charge on any atom is 0.217 e. The van der Waals surface area contributed by atoms with Crippen molar-refractivity contribution in [3.05, 3.63) is 29.8 Å². The van der Waals surface area contributed by atoms with E-state index in [0.717, 1.165) is 11.3 Å². The number of carbonyl (C=O) groups excluding carboxylic acids is 1. The van der Waals surface area contributed by atoms with Gasteiger partial charge in [0.2, 0.25) is 5.91 Å². The molecule has 0 saturated carbocycles. The predicted molar refractivity (Wildman–Crippen MR) is 58.5 cm³/mol. The van der Waals surface area contributed by atoms with Crippen molar-refractivity contribution in [2.45, 2.75) is 12.8 Å². The molecule has 4 N–H and O–H groups in total. The van der Waals surface area contributed by atoms with Crippen LogP contribution in [0.5, 0.6) is 5.75 Å². The third kappa shape index (κ3) is 4.46. The molecular weight excluding hydrogens is 192 g/mol. The zero-order valence-corrected chi connectivity index (χ0v) is 8.61. The second-order valence-electron chi connectivity index (χ2n) is 3.25. The highest BCUT2D eigenvalue weighted by molar-refractivity contribution is 5.74. The first-order valence-corrected chi connectivity index (χ1v) is 4.92. The number of amides is 1. The van der Waals surface area contributed by atoms with Crippen molar-refractivity contribution in [3.8, 4) is 5.75 Å². The van der Waals surface area contributed by atoms with Crippen molar-refractivity contribution in [2.24, 2.45) is 11.5 Å². The van der Waals surface area contributed by atoms with E-state index in [1.165, 1.54) is 0 Å². The summed E-state index contributed by atoms with van der Waals surface area (Å²) in [5, 5.41) is 0. The van der Waals surface area contributed by atoms with Crippen LogP contribution in [0.25, 0.3) is 0 Å². The molecule has 0 saturated heterocycles. The van der Waals surface area contributed by atoms with Gasteiger partial charge in [0.15, 0.2) is 0 Å². The van der Waals surface area contributed by atoms with Gasteiger partial charge >= 0.3 is 0 Å². The Labute approximate surface area is 89.2 Å². The van der Waals surface area contributed by atoms with Crippen LogP contribution in [-0.2, 0) is 11.2 Å². The number of hydrogen-bond acceptors (Lipinski definition) is 3. The molecule has 0 aliphatic heterocycles. The summed E-state index contributed by atoms with van der Waals surface area (Å²) in [7, 11) is 0. The van der Waals surface area contributed by atoms with Crippen LogP contribution in [0.2, 0.25) is 0 Å². The molecule has 0 unspecified atom stereocenters. The highest BCUT2D eigenvalue weighted by Gasteiger charge is 1.99. The number of hydrogen-bond donors (Lipinski definition) is 2. The number of aryl methyl sites for hydroxylation is 1. The highest BCUT2D eigenvalue weighted by Crippen LogP contribution is 2.14. The first kappa shape index (κ1) is 11.5. The SMILES string of the molecule is NCCOc1cccc(CCC(N)=O)c1. The Kier molecular flexibility index (Phi) is 4.63. The number of ether oxygens (including phenoxy) is 1. The number of primary amides is 1. The van der Waals surface area contributed by atoms with Gasteiger partial charge in [-0.3, -0.25) is 4.79 Å². The highest BCUT2D eigenvalue weighted by atomic mass is 16.5. The van der Waals surface area contributed by atoms with Crippen molar-refractivity contribution in [3.63, 3.8) is 0 Å². The fraction of sp³-hybridized carbons (Fsp3) is 0.364. The van der Waals surface area contributed by atoms with E-state index in [-0.39, 0.29) is 5.91 Å². The zero-order chi connectivity index (χ0) is 11.1. The Hall–Kier alpha value is -1.55. The molecule has 4 heteroatoms. The molecule has 1 rings (SSSR count). The van der Waals surface area contributed by atoms with Gasteiger partial charge in [0.1, 0.15) is 12.4 Å². The molecule has 0 aliphatic rings. The summed E-state index contributed by atoms with van der Waals surface area (Å²) in [6.07, 6.45) is 1.01. The van der Waals surface area contributed by atoms with Crippen LogP contribution in [0.4, 0.5) is 0 Å². The van der Waals surface area contributed by atoms with Gasteiger partial charge in [-0.25, -0.2) is 0 Å². The van der Waals surface area contributed by atoms with Gasteiger partial charge in [0.05, 0.1) is 0 Å². The topological polar surface area (TPSA) is 78.3 Å². The molecule has 0 aromatic heterocycles. The minimum Gasteiger partial charge on any atom is -0.492 e. The van der Waals surface area contributed by atoms with Crippen LogP contribution in [-0.4, -0.2) is 19.1 Å². The first-order chi connectivity index (χ1) is 7.22. The van der Waals surface area contributed by atoms with Crippen LogP contribution < -0.4 is 16.2 Å². The Morgan fingerprint density at radius 3 is 2.87 bits per heavy atom. The number of rotatable bonds is 6. The molecule has 1 aromatic carbocycles. The summed E-state index contributed by atoms with van der Waals surface area (Å²) in [4.78, 5) is 10.6. The van der Waals surface area contributed by atoms with Crippen molar-refractivity contribution < 1.29 is 9.53 Å². The molecule has 0 atom stereocenters. The molecular formula is C11H16N2O2. The lowest BCUT2D eigenvalue weighted by Crippen LogP contribution is -2.12. The standard InChI is InChI=1S/C11H16N2O2/c12-6-7-15-10-3-1-2-9(8-10)4-5-11(13)14/h1-3,8H,4-7,12H2,(H2,13,14). The summed E-state index contributed by atoms with van der Waals surface area (Å²) in [5.74, 6) is 0.491. The second-order valence-corrected chi connectivity index (χ2v) is 3.25. The molecule has 1 aromatic rings. The number of carbonyl (C=O) groups is 1. The first-order valence-electron chi connectivity index (χ1n) is 4.92. The lowest BCUT2D eigenvalue weighted by Gasteiger charge is -2.06. The van der Waals surface area contributed by atoms with Crippen LogP contribution >= 0.6 is 0 Å². The van der Waals surface area contributed by atoms with Gasteiger partial charge in [0.25, 0.3) is 0 Å². The third-order valence-electron chi connectivity index (χ3n) is 1.95. The van der Waals surface area contributed by atoms with Gasteiger partial charge in [0, 0.05) is 13.0 Å². The minimum absolute atomic E-state index is 0.289. The summed E-state index contributed by atoms with van der Waals surface area (Å²) < 4.78 is 5.36. The molecule has 0 aliphatic carbocycles. The van der Waals surface area contributed by atoms with E-state index >= 15 is 0 Å². The van der Waals surface area contributed by atoms with Crippen molar-refractivity contribution in [1.29, 1.82) is 0 Å². The van der Waals surface area contributed by atoms with Crippen molar-refractivity contribution in [2.75, 3.05) is 13.2 Å². The summed E-state index contributed by atoms with van der Waals surface area (Å²) in [6.45, 7) is 0.991. The molecule has 0 heterocycles. The van der Waals surface area contributed by atoms with E-state index in [0.29, 0.717) is 26.0 Å². The second kappa shape index (κ2) is 6.03. The average molecular weight is 208 g/mol. The lowest BCUT2D eigenvalue weighted by molar-refractivity contribution is -0.117. The van der Waals surface area contributed by atoms with E-state index in [1.54, 1.807) is 0 Å². The van der Waals surface area contributed by atoms with E-state index in [2.05, 4.69) is 0 Å². The monoisotopic (exact) mass is 208 g/mol. The molecule has 15 heavy (non-hydrogen) atoms. The molecule has 82 valence electrons. The summed E-state index contributed by atoms with van der Waals surface area (Å²) >= 11 is 0. The van der Waals surface area contributed by atoms with Crippen molar-refractivity contribution >= 4 is 5.91 Å². The normalized spacial score (nSPS) is 9.93. The molecule has 4 nitrogen and oxygen atoms in total. The van der Waals surface area contributed by atoms with Gasteiger partial charge in [-0.05, 0) is 24.1 Å². The smallest absolute Gasteiger partial charge is 0.217 e. The fourth-order valence-corrected chi connectivity index (χ4v) is 1.24. The molecule has 0 spiro atoms. The molecule has 0 fully saturated rings. The van der Waals surface area contributed by atoms with Gasteiger partial charge in [-0.2, -0.15) is 0 Å². The Balaban J connectivity index is 2.53. The molecule has 0 bridgehead atoms. The Morgan fingerprint density at radius 2 is 2.20 bits per heavy atom. The van der Waals surface area contributed by atoms with Gasteiger partial charge in [-0.15, -0.1) is 0 Å². The van der Waals surface area contributed by atoms with Gasteiger partial charge < -0.3 is 16.2 Å². The minimum atomic E-state index is -0.289. The van der Waals surface area contributed by atoms with E-state index in [9.17, 15) is 4.79 Å². The summed E-state index contributed by atoms with van der Waals surface area (Å²) in [5.41, 5.74) is 11.4. The maximum atomic E-state index is 10.6. The summed E-state index contributed by atoms with van der Waals surface area (Å²) in [6, 6.07) is 7.60. The number of nitrogens with two attached hydrogens (primary N) is 2. The van der Waals surface area contributed by atoms with E-state index < -0.39 is 0 Å². The molecule has 0 radical (unpaired) electrons. The largest absolute Gasteiger partial charge is 0.492 e. The Morgan fingerprint density at radius 1 is 1.40 bits per heavy atom. The maximum absolute atomic E-state index is 10.6. The number of benzene rings is 1. The third-order valence-corrected chi connectivity index (χ3v) is 1.95. The Bertz CT molecular complexity index is 326. The van der Waals surface area contributed by atoms with Gasteiger partial charge in [-0.1, -0.05) is 12.1 Å². The van der Waals surface area contributed by atoms with Crippen LogP contribution in [0.3, 0.4) is 0 Å². The lowest BCUT2D eigenvalue weighted by atomic mass is 10.1. The van der Waals surface area contributed by atoms with Crippen LogP contribution in [0.15, 0.2) is 24.3 Å². The molecule has 1 amide bonds. The van der Waals surface area contributed by atoms with Crippen LogP contribution in [0.1, 0.15) is 12.0 Å². The quantitative estimate of drug-likeness (QED) is 0.712. The average Bonchev–Trinajstić information content (AvgIpc) is 2.24. The zero-order valence-electron chi connectivity index (χ0n) is 8.61. The predicted octanol–water partition coefficient (Wildman–Crippen LogP) is 0.442. The van der Waals surface area contributed by atoms with E-state index in [1.807, 2.05) is 24.3 Å². The fourth-order valence-electron chi connectivity index (χ4n) is 1.24. The van der Waals surface area contributed by atoms with Crippen molar-refractivity contribution in [1.82, 2.24) is 0 Å².